The molecule has 5 nitrogen and oxygen atoms in total. The monoisotopic (exact) mass is 400 g/mol. The van der Waals surface area contributed by atoms with Gasteiger partial charge < -0.3 is 5.32 Å². The molecule has 0 saturated carbocycles. The third kappa shape index (κ3) is 5.20. The first-order valence-electron chi connectivity index (χ1n) is 9.82. The summed E-state index contributed by atoms with van der Waals surface area (Å²) in [6.45, 7) is 3.44. The van der Waals surface area contributed by atoms with Gasteiger partial charge in [0.2, 0.25) is 5.91 Å². The largest absolute Gasteiger partial charge is 0.354 e. The minimum absolute atomic E-state index is 0.0696. The molecule has 1 saturated heterocycles. The SMILES string of the molecule is CCC(CNC(=O)C(c1ccccc1)N1CCS(=O)(=O)CC1)c1ccccc1. The second-order valence-corrected chi connectivity index (χ2v) is 9.57. The summed E-state index contributed by atoms with van der Waals surface area (Å²) in [5.41, 5.74) is 2.11. The molecule has 2 unspecified atom stereocenters. The summed E-state index contributed by atoms with van der Waals surface area (Å²) in [5.74, 6) is 0.388. The van der Waals surface area contributed by atoms with Crippen LogP contribution >= 0.6 is 0 Å². The average molecular weight is 401 g/mol. The van der Waals surface area contributed by atoms with Gasteiger partial charge in [0.15, 0.2) is 9.84 Å². The summed E-state index contributed by atoms with van der Waals surface area (Å²) in [6.07, 6.45) is 0.933. The number of hydrogen-bond acceptors (Lipinski definition) is 4. The summed E-state index contributed by atoms with van der Waals surface area (Å²) in [5, 5.41) is 3.12. The standard InChI is InChI=1S/C22H28N2O3S/c1-2-18(19-9-5-3-6-10-19)17-23-22(25)21(20-11-7-4-8-12-20)24-13-15-28(26,27)16-14-24/h3-12,18,21H,2,13-17H2,1H3,(H,23,25). The van der Waals surface area contributed by atoms with E-state index in [0.29, 0.717) is 19.6 Å². The Labute approximate surface area is 167 Å². The summed E-state index contributed by atoms with van der Waals surface area (Å²) < 4.78 is 23.6. The van der Waals surface area contributed by atoms with E-state index >= 15 is 0 Å². The van der Waals surface area contributed by atoms with Crippen molar-refractivity contribution in [1.29, 1.82) is 0 Å². The van der Waals surface area contributed by atoms with Gasteiger partial charge >= 0.3 is 0 Å². The van der Waals surface area contributed by atoms with Crippen molar-refractivity contribution in [3.63, 3.8) is 0 Å². The van der Waals surface area contributed by atoms with Gasteiger partial charge in [0.25, 0.3) is 0 Å². The summed E-state index contributed by atoms with van der Waals surface area (Å²) in [7, 11) is -3.00. The first-order chi connectivity index (χ1) is 13.5. The quantitative estimate of drug-likeness (QED) is 0.776. The number of nitrogens with one attached hydrogen (secondary N) is 1. The number of rotatable bonds is 7. The molecule has 1 fully saturated rings. The molecule has 1 N–H and O–H groups in total. The third-order valence-corrected chi connectivity index (χ3v) is 7.00. The van der Waals surface area contributed by atoms with Crippen LogP contribution in [0.5, 0.6) is 0 Å². The van der Waals surface area contributed by atoms with E-state index in [0.717, 1.165) is 12.0 Å². The lowest BCUT2D eigenvalue weighted by molar-refractivity contribution is -0.126. The first-order valence-corrected chi connectivity index (χ1v) is 11.6. The fourth-order valence-electron chi connectivity index (χ4n) is 3.69. The Morgan fingerprint density at radius 2 is 1.50 bits per heavy atom. The van der Waals surface area contributed by atoms with Crippen LogP contribution < -0.4 is 5.32 Å². The van der Waals surface area contributed by atoms with Gasteiger partial charge in [-0.15, -0.1) is 0 Å². The third-order valence-electron chi connectivity index (χ3n) is 5.39. The highest BCUT2D eigenvalue weighted by Gasteiger charge is 2.32. The van der Waals surface area contributed by atoms with Crippen LogP contribution in [0.15, 0.2) is 60.7 Å². The smallest absolute Gasteiger partial charge is 0.241 e. The number of nitrogens with zero attached hydrogens (tertiary/aromatic N) is 1. The van der Waals surface area contributed by atoms with E-state index in [1.807, 2.05) is 53.4 Å². The maximum atomic E-state index is 13.2. The van der Waals surface area contributed by atoms with E-state index < -0.39 is 15.9 Å². The summed E-state index contributed by atoms with van der Waals surface area (Å²) in [4.78, 5) is 15.1. The minimum Gasteiger partial charge on any atom is -0.354 e. The van der Waals surface area contributed by atoms with Gasteiger partial charge in [-0.25, -0.2) is 8.42 Å². The Hall–Kier alpha value is -2.18. The molecule has 6 heteroatoms. The zero-order valence-electron chi connectivity index (χ0n) is 16.3. The fraction of sp³-hybridized carbons (Fsp3) is 0.409. The molecule has 3 rings (SSSR count). The van der Waals surface area contributed by atoms with Crippen molar-refractivity contribution < 1.29 is 13.2 Å². The molecule has 2 atom stereocenters. The molecule has 0 aromatic heterocycles. The van der Waals surface area contributed by atoms with E-state index in [9.17, 15) is 13.2 Å². The summed E-state index contributed by atoms with van der Waals surface area (Å²) in [6, 6.07) is 19.3. The molecule has 1 amide bonds. The van der Waals surface area contributed by atoms with Gasteiger partial charge in [-0.1, -0.05) is 67.6 Å². The molecular weight excluding hydrogens is 372 g/mol. The lowest BCUT2D eigenvalue weighted by Crippen LogP contribution is -2.48. The van der Waals surface area contributed by atoms with Gasteiger partial charge in [-0.3, -0.25) is 9.69 Å². The molecule has 0 aliphatic carbocycles. The maximum Gasteiger partial charge on any atom is 0.241 e. The van der Waals surface area contributed by atoms with Crippen LogP contribution in [0.4, 0.5) is 0 Å². The lowest BCUT2D eigenvalue weighted by Gasteiger charge is -2.34. The fourth-order valence-corrected chi connectivity index (χ4v) is 4.92. The molecule has 0 radical (unpaired) electrons. The van der Waals surface area contributed by atoms with Crippen molar-refractivity contribution in [2.24, 2.45) is 0 Å². The number of amides is 1. The number of carbonyl (C=O) groups excluding carboxylic acids is 1. The second-order valence-electron chi connectivity index (χ2n) is 7.26. The van der Waals surface area contributed by atoms with Gasteiger partial charge in [-0.05, 0) is 17.5 Å². The molecule has 0 bridgehead atoms. The molecular formula is C22H28N2O3S. The topological polar surface area (TPSA) is 66.5 Å². The van der Waals surface area contributed by atoms with Crippen LogP contribution in [-0.4, -0.2) is 50.4 Å². The number of sulfone groups is 1. The predicted octanol–water partition coefficient (Wildman–Crippen LogP) is 2.77. The Morgan fingerprint density at radius 3 is 2.04 bits per heavy atom. The minimum atomic E-state index is -3.00. The molecule has 150 valence electrons. The van der Waals surface area contributed by atoms with Crippen molar-refractivity contribution in [1.82, 2.24) is 10.2 Å². The van der Waals surface area contributed by atoms with Crippen molar-refractivity contribution in [2.45, 2.75) is 25.3 Å². The molecule has 0 spiro atoms. The summed E-state index contributed by atoms with van der Waals surface area (Å²) >= 11 is 0. The Kier molecular flexibility index (Phi) is 6.86. The van der Waals surface area contributed by atoms with Gasteiger partial charge in [0.1, 0.15) is 6.04 Å². The molecule has 1 aliphatic heterocycles. The molecule has 28 heavy (non-hydrogen) atoms. The van der Waals surface area contributed by atoms with Gasteiger partial charge in [-0.2, -0.15) is 0 Å². The van der Waals surface area contributed by atoms with Crippen molar-refractivity contribution in [2.75, 3.05) is 31.1 Å². The van der Waals surface area contributed by atoms with E-state index in [1.54, 1.807) is 0 Å². The van der Waals surface area contributed by atoms with Crippen LogP contribution in [0.25, 0.3) is 0 Å². The highest BCUT2D eigenvalue weighted by molar-refractivity contribution is 7.91. The highest BCUT2D eigenvalue weighted by Crippen LogP contribution is 2.24. The maximum absolute atomic E-state index is 13.2. The molecule has 2 aromatic rings. The predicted molar refractivity (Wildman–Crippen MR) is 112 cm³/mol. The van der Waals surface area contributed by atoms with Crippen LogP contribution in [0.3, 0.4) is 0 Å². The second kappa shape index (κ2) is 9.34. The molecule has 1 aliphatic rings. The number of hydrogen-bond donors (Lipinski definition) is 1. The Morgan fingerprint density at radius 1 is 0.964 bits per heavy atom. The van der Waals surface area contributed by atoms with Crippen LogP contribution in [0, 0.1) is 0 Å². The van der Waals surface area contributed by atoms with E-state index in [1.165, 1.54) is 5.56 Å². The van der Waals surface area contributed by atoms with Crippen molar-refractivity contribution in [3.05, 3.63) is 71.8 Å². The normalized spacial score (nSPS) is 18.9. The lowest BCUT2D eigenvalue weighted by atomic mass is 9.96. The van der Waals surface area contributed by atoms with Gasteiger partial charge in [0.05, 0.1) is 11.5 Å². The Balaban J connectivity index is 1.73. The average Bonchev–Trinajstić information content (AvgIpc) is 2.71. The Bertz CT molecular complexity index is 855. The van der Waals surface area contributed by atoms with Gasteiger partial charge in [0, 0.05) is 25.6 Å². The first kappa shape index (κ1) is 20.6. The zero-order chi connectivity index (χ0) is 20.0. The number of carbonyl (C=O) groups is 1. The molecule has 1 heterocycles. The highest BCUT2D eigenvalue weighted by atomic mass is 32.2. The number of benzene rings is 2. The van der Waals surface area contributed by atoms with E-state index in [2.05, 4.69) is 24.4 Å². The van der Waals surface area contributed by atoms with Crippen LogP contribution in [0.2, 0.25) is 0 Å². The zero-order valence-corrected chi connectivity index (χ0v) is 17.1. The van der Waals surface area contributed by atoms with Crippen LogP contribution in [0.1, 0.15) is 36.4 Å². The molecule has 2 aromatic carbocycles. The van der Waals surface area contributed by atoms with Crippen molar-refractivity contribution >= 4 is 15.7 Å². The van der Waals surface area contributed by atoms with E-state index in [-0.39, 0.29) is 23.3 Å². The van der Waals surface area contributed by atoms with Crippen LogP contribution in [-0.2, 0) is 14.6 Å². The van der Waals surface area contributed by atoms with Crippen molar-refractivity contribution in [3.8, 4) is 0 Å². The van der Waals surface area contributed by atoms with E-state index in [4.69, 9.17) is 0 Å².